The fourth-order valence-electron chi connectivity index (χ4n) is 1.88. The molecule has 0 heterocycles. The van der Waals surface area contributed by atoms with Crippen molar-refractivity contribution in [2.45, 2.75) is 25.6 Å². The lowest BCUT2D eigenvalue weighted by atomic mass is 10.2. The molecule has 2 atom stereocenters. The molecule has 5 nitrogen and oxygen atoms in total. The highest BCUT2D eigenvalue weighted by Crippen LogP contribution is 2.12. The van der Waals surface area contributed by atoms with Crippen LogP contribution in [0.25, 0.3) is 0 Å². The van der Waals surface area contributed by atoms with Crippen LogP contribution in [0.3, 0.4) is 0 Å². The lowest BCUT2D eigenvalue weighted by Gasteiger charge is -2.17. The van der Waals surface area contributed by atoms with Crippen molar-refractivity contribution in [3.8, 4) is 5.75 Å². The summed E-state index contributed by atoms with van der Waals surface area (Å²) in [5.41, 5.74) is 1.27. The largest absolute Gasteiger partial charge is 0.491 e. The molecule has 5 heteroatoms. The highest BCUT2D eigenvalue weighted by Gasteiger charge is 2.09. The predicted octanol–water partition coefficient (Wildman–Crippen LogP) is 1.24. The molecule has 0 aliphatic carbocycles. The van der Waals surface area contributed by atoms with Crippen LogP contribution in [0.15, 0.2) is 24.3 Å². The Labute approximate surface area is 127 Å². The van der Waals surface area contributed by atoms with Gasteiger partial charge in [0.1, 0.15) is 18.5 Å². The summed E-state index contributed by atoms with van der Waals surface area (Å²) >= 11 is 0. The van der Waals surface area contributed by atoms with Gasteiger partial charge < -0.3 is 24.6 Å². The van der Waals surface area contributed by atoms with Crippen molar-refractivity contribution in [2.24, 2.45) is 0 Å². The second kappa shape index (κ2) is 10.6. The maximum atomic E-state index is 9.87. The van der Waals surface area contributed by atoms with E-state index in [2.05, 4.69) is 12.2 Å². The van der Waals surface area contributed by atoms with Crippen LogP contribution in [0.5, 0.6) is 5.75 Å². The first-order chi connectivity index (χ1) is 10.2. The van der Waals surface area contributed by atoms with Gasteiger partial charge >= 0.3 is 0 Å². The van der Waals surface area contributed by atoms with Crippen LogP contribution in [0, 0.1) is 0 Å². The van der Waals surface area contributed by atoms with E-state index in [4.69, 9.17) is 14.2 Å². The van der Waals surface area contributed by atoms with Gasteiger partial charge in [0, 0.05) is 27.3 Å². The molecule has 1 aromatic carbocycles. The molecule has 2 N–H and O–H groups in total. The van der Waals surface area contributed by atoms with Crippen LogP contribution < -0.4 is 10.1 Å². The zero-order valence-electron chi connectivity index (χ0n) is 13.2. The van der Waals surface area contributed by atoms with E-state index in [-0.39, 0.29) is 12.7 Å². The first kappa shape index (κ1) is 17.9. The highest BCUT2D eigenvalue weighted by atomic mass is 16.5. The molecule has 0 amide bonds. The Bertz CT molecular complexity index is 369. The molecule has 0 saturated heterocycles. The Morgan fingerprint density at radius 2 is 1.81 bits per heavy atom. The minimum Gasteiger partial charge on any atom is -0.491 e. The molecule has 0 radical (unpaired) electrons. The number of rotatable bonds is 11. The SMILES string of the molecule is CCc1ccc(OCC(O)CNCC(COC)OC)cc1. The Morgan fingerprint density at radius 3 is 2.38 bits per heavy atom. The average Bonchev–Trinajstić information content (AvgIpc) is 2.52. The molecular weight excluding hydrogens is 270 g/mol. The van der Waals surface area contributed by atoms with E-state index in [1.54, 1.807) is 14.2 Å². The Hall–Kier alpha value is -1.14. The summed E-state index contributed by atoms with van der Waals surface area (Å²) in [5.74, 6) is 0.778. The molecular formula is C16H27NO4. The molecule has 0 saturated carbocycles. The summed E-state index contributed by atoms with van der Waals surface area (Å²) in [5, 5.41) is 13.0. The smallest absolute Gasteiger partial charge is 0.119 e. The van der Waals surface area contributed by atoms with Gasteiger partial charge in [0.05, 0.1) is 12.7 Å². The van der Waals surface area contributed by atoms with Crippen molar-refractivity contribution in [1.82, 2.24) is 5.32 Å². The third-order valence-corrected chi connectivity index (χ3v) is 3.21. The molecule has 0 bridgehead atoms. The van der Waals surface area contributed by atoms with Gasteiger partial charge in [-0.3, -0.25) is 0 Å². The molecule has 2 unspecified atom stereocenters. The maximum absolute atomic E-state index is 9.87. The van der Waals surface area contributed by atoms with Crippen molar-refractivity contribution in [2.75, 3.05) is 40.5 Å². The van der Waals surface area contributed by atoms with Crippen LogP contribution in [0.4, 0.5) is 0 Å². The summed E-state index contributed by atoms with van der Waals surface area (Å²) in [6.07, 6.45) is 0.440. The maximum Gasteiger partial charge on any atom is 0.119 e. The Kier molecular flexibility index (Phi) is 9.01. The zero-order chi connectivity index (χ0) is 15.5. The third-order valence-electron chi connectivity index (χ3n) is 3.21. The first-order valence-corrected chi connectivity index (χ1v) is 7.31. The van der Waals surface area contributed by atoms with Gasteiger partial charge in [0.15, 0.2) is 0 Å². The number of benzene rings is 1. The van der Waals surface area contributed by atoms with E-state index in [0.29, 0.717) is 19.7 Å². The quantitative estimate of drug-likeness (QED) is 0.643. The van der Waals surface area contributed by atoms with Crippen LogP contribution in [0.2, 0.25) is 0 Å². The summed E-state index contributed by atoms with van der Waals surface area (Å²) in [6, 6.07) is 7.93. The highest BCUT2D eigenvalue weighted by molar-refractivity contribution is 5.27. The molecule has 21 heavy (non-hydrogen) atoms. The number of ether oxygens (including phenoxy) is 3. The average molecular weight is 297 g/mol. The van der Waals surface area contributed by atoms with Gasteiger partial charge in [0.2, 0.25) is 0 Å². The van der Waals surface area contributed by atoms with E-state index in [0.717, 1.165) is 12.2 Å². The molecule has 0 aliphatic heterocycles. The topological polar surface area (TPSA) is 60.0 Å². The predicted molar refractivity (Wildman–Crippen MR) is 82.9 cm³/mol. The molecule has 0 fully saturated rings. The van der Waals surface area contributed by atoms with Gasteiger partial charge in [0.25, 0.3) is 0 Å². The Morgan fingerprint density at radius 1 is 1.10 bits per heavy atom. The molecule has 0 aromatic heterocycles. The van der Waals surface area contributed by atoms with Crippen molar-refractivity contribution >= 4 is 0 Å². The lowest BCUT2D eigenvalue weighted by molar-refractivity contribution is 0.0257. The van der Waals surface area contributed by atoms with Gasteiger partial charge in [-0.25, -0.2) is 0 Å². The lowest BCUT2D eigenvalue weighted by Crippen LogP contribution is -2.38. The van der Waals surface area contributed by atoms with Gasteiger partial charge in [-0.2, -0.15) is 0 Å². The number of hydrogen-bond donors (Lipinski definition) is 2. The fourth-order valence-corrected chi connectivity index (χ4v) is 1.88. The fraction of sp³-hybridized carbons (Fsp3) is 0.625. The van der Waals surface area contributed by atoms with E-state index < -0.39 is 6.10 Å². The summed E-state index contributed by atoms with van der Waals surface area (Å²) in [4.78, 5) is 0. The first-order valence-electron chi connectivity index (χ1n) is 7.31. The van der Waals surface area contributed by atoms with E-state index in [1.807, 2.05) is 24.3 Å². The van der Waals surface area contributed by atoms with Crippen molar-refractivity contribution in [3.63, 3.8) is 0 Å². The van der Waals surface area contributed by atoms with Crippen LogP contribution in [-0.4, -0.2) is 57.8 Å². The van der Waals surface area contributed by atoms with Crippen LogP contribution in [0.1, 0.15) is 12.5 Å². The van der Waals surface area contributed by atoms with Crippen molar-refractivity contribution in [1.29, 1.82) is 0 Å². The minimum atomic E-state index is -0.559. The van der Waals surface area contributed by atoms with E-state index in [1.165, 1.54) is 5.56 Å². The van der Waals surface area contributed by atoms with E-state index >= 15 is 0 Å². The zero-order valence-corrected chi connectivity index (χ0v) is 13.2. The minimum absolute atomic E-state index is 0.00953. The van der Waals surface area contributed by atoms with Crippen LogP contribution >= 0.6 is 0 Å². The third kappa shape index (κ3) is 7.43. The standard InChI is InChI=1S/C16H27NO4/c1-4-13-5-7-15(8-6-13)21-11-14(18)9-17-10-16(20-3)12-19-2/h5-8,14,16-18H,4,9-12H2,1-3H3. The number of hydrogen-bond acceptors (Lipinski definition) is 5. The van der Waals surface area contributed by atoms with Crippen LogP contribution in [-0.2, 0) is 15.9 Å². The molecule has 1 aromatic rings. The molecule has 1 rings (SSSR count). The van der Waals surface area contributed by atoms with Crippen molar-refractivity contribution < 1.29 is 19.3 Å². The van der Waals surface area contributed by atoms with Gasteiger partial charge in [-0.1, -0.05) is 19.1 Å². The van der Waals surface area contributed by atoms with Gasteiger partial charge in [-0.15, -0.1) is 0 Å². The number of aryl methyl sites for hydroxylation is 1. The van der Waals surface area contributed by atoms with E-state index in [9.17, 15) is 5.11 Å². The number of aliphatic hydroxyl groups is 1. The van der Waals surface area contributed by atoms with Crippen molar-refractivity contribution in [3.05, 3.63) is 29.8 Å². The molecule has 0 spiro atoms. The number of methoxy groups -OCH3 is 2. The van der Waals surface area contributed by atoms with Gasteiger partial charge in [-0.05, 0) is 24.1 Å². The number of aliphatic hydroxyl groups excluding tert-OH is 1. The summed E-state index contributed by atoms with van der Waals surface area (Å²) in [7, 11) is 3.28. The summed E-state index contributed by atoms with van der Waals surface area (Å²) in [6.45, 7) is 3.99. The normalized spacial score (nSPS) is 13.9. The monoisotopic (exact) mass is 297 g/mol. The molecule has 120 valence electrons. The number of nitrogens with one attached hydrogen (secondary N) is 1. The Balaban J connectivity index is 2.19. The molecule has 0 aliphatic rings. The summed E-state index contributed by atoms with van der Waals surface area (Å²) < 4.78 is 15.8. The second-order valence-electron chi connectivity index (χ2n) is 4.93. The second-order valence-corrected chi connectivity index (χ2v) is 4.93.